The van der Waals surface area contributed by atoms with Crippen LogP contribution in [0.1, 0.15) is 25.3 Å². The molecule has 0 saturated heterocycles. The Hall–Kier alpha value is -2.77. The Kier molecular flexibility index (Phi) is 5.05. The van der Waals surface area contributed by atoms with Crippen LogP contribution >= 0.6 is 0 Å². The third-order valence-corrected chi connectivity index (χ3v) is 3.40. The number of allylic oxidation sites excluding steroid dienone is 1. The van der Waals surface area contributed by atoms with E-state index in [1.165, 1.54) is 6.92 Å². The maximum absolute atomic E-state index is 12.2. The van der Waals surface area contributed by atoms with E-state index in [4.69, 9.17) is 19.9 Å². The molecule has 1 aliphatic heterocycles. The molecule has 1 atom stereocenters. The molecular weight excluding hydrogens is 304 g/mol. The highest BCUT2D eigenvalue weighted by molar-refractivity contribution is 5.91. The van der Waals surface area contributed by atoms with Gasteiger partial charge in [0.1, 0.15) is 0 Å². The van der Waals surface area contributed by atoms with E-state index in [0.717, 1.165) is 0 Å². The van der Waals surface area contributed by atoms with E-state index in [-0.39, 0.29) is 24.7 Å². The van der Waals surface area contributed by atoms with Crippen LogP contribution < -0.4 is 15.2 Å². The number of carbonyl (C=O) groups excluding carboxylic acids is 1. The van der Waals surface area contributed by atoms with Crippen molar-refractivity contribution >= 4 is 5.97 Å². The minimum atomic E-state index is -0.830. The van der Waals surface area contributed by atoms with Crippen LogP contribution in [0.2, 0.25) is 0 Å². The quantitative estimate of drug-likeness (QED) is 0.366. The zero-order valence-electron chi connectivity index (χ0n) is 12.9. The normalized spacial score (nSPS) is 14.9. The lowest BCUT2D eigenvalue weighted by Crippen LogP contribution is -2.24. The molecule has 8 heteroatoms. The highest BCUT2D eigenvalue weighted by atomic mass is 16.7. The first-order valence-corrected chi connectivity index (χ1v) is 7.08. The summed E-state index contributed by atoms with van der Waals surface area (Å²) in [5, 5.41) is 11.1. The Labute approximate surface area is 133 Å². The third-order valence-electron chi connectivity index (χ3n) is 3.40. The molecule has 124 valence electrons. The second-order valence-electron chi connectivity index (χ2n) is 5.00. The van der Waals surface area contributed by atoms with Crippen LogP contribution in [0.5, 0.6) is 11.5 Å². The van der Waals surface area contributed by atoms with Gasteiger partial charge in [0.25, 0.3) is 0 Å². The second-order valence-corrected chi connectivity index (χ2v) is 5.00. The number of rotatable bonds is 6. The smallest absolute Gasteiger partial charge is 0.336 e. The van der Waals surface area contributed by atoms with Crippen LogP contribution in [0.25, 0.3) is 0 Å². The minimum Gasteiger partial charge on any atom is -0.463 e. The standard InChI is InChI=1S/C15H18N2O6/c1-3-21-15(18)14(9(2)16)11(7-17(19)20)10-4-5-12-13(6-10)23-8-22-12/h4-6,11H,3,7-8,16H2,1-2H3/b14-9+. The SMILES string of the molecule is CCOC(=O)/C(=C(\C)N)C(C[N+](=O)[O-])c1ccc2c(c1)OCO2. The Morgan fingerprint density at radius 3 is 2.74 bits per heavy atom. The summed E-state index contributed by atoms with van der Waals surface area (Å²) in [6, 6.07) is 4.93. The molecule has 8 nitrogen and oxygen atoms in total. The first-order valence-electron chi connectivity index (χ1n) is 7.08. The molecular formula is C15H18N2O6. The summed E-state index contributed by atoms with van der Waals surface area (Å²) in [4.78, 5) is 22.7. The van der Waals surface area contributed by atoms with Gasteiger partial charge in [0.15, 0.2) is 11.5 Å². The number of ether oxygens (including phenoxy) is 3. The van der Waals surface area contributed by atoms with Gasteiger partial charge < -0.3 is 19.9 Å². The van der Waals surface area contributed by atoms with E-state index in [1.807, 2.05) is 0 Å². The maximum Gasteiger partial charge on any atom is 0.336 e. The van der Waals surface area contributed by atoms with Crippen molar-refractivity contribution in [3.8, 4) is 11.5 Å². The summed E-state index contributed by atoms with van der Waals surface area (Å²) in [5.74, 6) is -0.450. The van der Waals surface area contributed by atoms with E-state index < -0.39 is 23.4 Å². The van der Waals surface area contributed by atoms with Crippen molar-refractivity contribution in [2.24, 2.45) is 5.73 Å². The van der Waals surface area contributed by atoms with E-state index in [9.17, 15) is 14.9 Å². The van der Waals surface area contributed by atoms with Gasteiger partial charge >= 0.3 is 5.97 Å². The third kappa shape index (κ3) is 3.71. The van der Waals surface area contributed by atoms with Crippen molar-refractivity contribution in [2.75, 3.05) is 19.9 Å². The van der Waals surface area contributed by atoms with Crippen molar-refractivity contribution in [3.05, 3.63) is 45.1 Å². The van der Waals surface area contributed by atoms with Gasteiger partial charge in [-0.2, -0.15) is 0 Å². The topological polar surface area (TPSA) is 114 Å². The molecule has 0 amide bonds. The Bertz CT molecular complexity index is 651. The number of nitrogens with two attached hydrogens (primary N) is 1. The lowest BCUT2D eigenvalue weighted by atomic mass is 9.89. The lowest BCUT2D eigenvalue weighted by Gasteiger charge is -2.18. The van der Waals surface area contributed by atoms with Gasteiger partial charge in [-0.1, -0.05) is 6.07 Å². The average Bonchev–Trinajstić information content (AvgIpc) is 2.93. The molecule has 1 unspecified atom stereocenters. The molecule has 1 aromatic rings. The maximum atomic E-state index is 12.2. The van der Waals surface area contributed by atoms with Crippen molar-refractivity contribution in [1.82, 2.24) is 0 Å². The highest BCUT2D eigenvalue weighted by Gasteiger charge is 2.31. The number of nitro groups is 1. The molecule has 0 bridgehead atoms. The average molecular weight is 322 g/mol. The van der Waals surface area contributed by atoms with Gasteiger partial charge in [-0.15, -0.1) is 0 Å². The summed E-state index contributed by atoms with van der Waals surface area (Å²) in [7, 11) is 0. The van der Waals surface area contributed by atoms with E-state index in [0.29, 0.717) is 17.1 Å². The minimum absolute atomic E-state index is 0.0856. The Morgan fingerprint density at radius 2 is 2.13 bits per heavy atom. The fraction of sp³-hybridized carbons (Fsp3) is 0.400. The van der Waals surface area contributed by atoms with Crippen LogP contribution in [0, 0.1) is 10.1 Å². The molecule has 0 spiro atoms. The number of hydrogen-bond donors (Lipinski definition) is 1. The van der Waals surface area contributed by atoms with Gasteiger partial charge in [0.05, 0.1) is 18.1 Å². The molecule has 1 aliphatic rings. The van der Waals surface area contributed by atoms with Crippen molar-refractivity contribution in [1.29, 1.82) is 0 Å². The summed E-state index contributed by atoms with van der Waals surface area (Å²) >= 11 is 0. The molecule has 0 radical (unpaired) electrons. The second kappa shape index (κ2) is 6.99. The van der Waals surface area contributed by atoms with Gasteiger partial charge in [-0.05, 0) is 31.5 Å². The molecule has 0 aliphatic carbocycles. The van der Waals surface area contributed by atoms with Crippen molar-refractivity contribution in [2.45, 2.75) is 19.8 Å². The van der Waals surface area contributed by atoms with Gasteiger partial charge in [0, 0.05) is 10.6 Å². The van der Waals surface area contributed by atoms with Gasteiger partial charge in [-0.3, -0.25) is 10.1 Å². The van der Waals surface area contributed by atoms with Crippen LogP contribution in [-0.4, -0.2) is 30.8 Å². The number of benzene rings is 1. The summed E-state index contributed by atoms with van der Waals surface area (Å²) in [6.45, 7) is 2.94. The predicted molar refractivity (Wildman–Crippen MR) is 80.7 cm³/mol. The summed E-state index contributed by atoms with van der Waals surface area (Å²) in [5.41, 5.74) is 6.61. The Morgan fingerprint density at radius 1 is 1.43 bits per heavy atom. The van der Waals surface area contributed by atoms with Crippen LogP contribution in [0.3, 0.4) is 0 Å². The van der Waals surface area contributed by atoms with Crippen LogP contribution in [0.15, 0.2) is 29.5 Å². The largest absolute Gasteiger partial charge is 0.463 e. The van der Waals surface area contributed by atoms with Crippen molar-refractivity contribution in [3.63, 3.8) is 0 Å². The summed E-state index contributed by atoms with van der Waals surface area (Å²) in [6.07, 6.45) is 0. The fourth-order valence-corrected chi connectivity index (χ4v) is 2.43. The van der Waals surface area contributed by atoms with Gasteiger partial charge in [0.2, 0.25) is 13.3 Å². The van der Waals surface area contributed by atoms with Gasteiger partial charge in [-0.25, -0.2) is 4.79 Å². The number of fused-ring (bicyclic) bond motifs is 1. The monoisotopic (exact) mass is 322 g/mol. The number of carbonyl (C=O) groups is 1. The molecule has 2 rings (SSSR count). The lowest BCUT2D eigenvalue weighted by molar-refractivity contribution is -0.481. The first-order chi connectivity index (χ1) is 10.9. The number of hydrogen-bond acceptors (Lipinski definition) is 7. The molecule has 2 N–H and O–H groups in total. The zero-order valence-corrected chi connectivity index (χ0v) is 12.9. The first kappa shape index (κ1) is 16.6. The molecule has 23 heavy (non-hydrogen) atoms. The molecule has 0 aromatic heterocycles. The molecule has 0 saturated carbocycles. The van der Waals surface area contributed by atoms with E-state index in [1.54, 1.807) is 25.1 Å². The zero-order chi connectivity index (χ0) is 17.0. The molecule has 1 heterocycles. The molecule has 0 fully saturated rings. The van der Waals surface area contributed by atoms with Crippen LogP contribution in [0.4, 0.5) is 0 Å². The Balaban J connectivity index is 2.45. The highest BCUT2D eigenvalue weighted by Crippen LogP contribution is 2.37. The van der Waals surface area contributed by atoms with E-state index >= 15 is 0 Å². The van der Waals surface area contributed by atoms with E-state index in [2.05, 4.69) is 0 Å². The van der Waals surface area contributed by atoms with Crippen LogP contribution in [-0.2, 0) is 9.53 Å². The van der Waals surface area contributed by atoms with Crippen molar-refractivity contribution < 1.29 is 23.9 Å². The predicted octanol–water partition coefficient (Wildman–Crippen LogP) is 1.57. The fourth-order valence-electron chi connectivity index (χ4n) is 2.43. The number of nitrogens with zero attached hydrogens (tertiary/aromatic N) is 1. The molecule has 1 aromatic carbocycles. The number of esters is 1. The summed E-state index contributed by atoms with van der Waals surface area (Å²) < 4.78 is 15.5.